The largest absolute Gasteiger partial charge is 0.103 e. The lowest BCUT2D eigenvalue weighted by atomic mass is 10.0. The van der Waals surface area contributed by atoms with Crippen LogP contribution in [0.25, 0.3) is 0 Å². The minimum atomic E-state index is 0.882. The summed E-state index contributed by atoms with van der Waals surface area (Å²) >= 11 is 0. The van der Waals surface area contributed by atoms with Gasteiger partial charge in [0, 0.05) is 0 Å². The Bertz CT molecular complexity index is 55.1. The summed E-state index contributed by atoms with van der Waals surface area (Å²) in [5.74, 6) is 0.882. The number of hydrogen-bond donors (Lipinski definition) is 0. The van der Waals surface area contributed by atoms with Gasteiger partial charge in [-0.15, -0.1) is 6.58 Å². The molecule has 0 bridgehead atoms. The van der Waals surface area contributed by atoms with Gasteiger partial charge in [-0.3, -0.25) is 0 Å². The molecule has 0 radical (unpaired) electrons. The molecule has 0 aliphatic heterocycles. The van der Waals surface area contributed by atoms with Crippen LogP contribution in [-0.2, 0) is 0 Å². The standard InChI is InChI=1S/C8H16/c1-4-6-7-8(3)5-2/h4,8H,1,5-7H2,2-3H3/t8-/m0/s1. The van der Waals surface area contributed by atoms with Crippen molar-refractivity contribution in [2.24, 2.45) is 5.92 Å². The zero-order valence-electron chi connectivity index (χ0n) is 5.98. The lowest BCUT2D eigenvalue weighted by molar-refractivity contribution is 0.522. The highest BCUT2D eigenvalue weighted by Gasteiger charge is 1.93. The average molecular weight is 112 g/mol. The third-order valence-corrected chi connectivity index (χ3v) is 1.56. The SMILES string of the molecule is C=CCC[C@@H](C)CC. The molecule has 0 saturated heterocycles. The molecular weight excluding hydrogens is 96.1 g/mol. The monoisotopic (exact) mass is 112 g/mol. The van der Waals surface area contributed by atoms with Gasteiger partial charge in [-0.1, -0.05) is 26.3 Å². The molecule has 1 atom stereocenters. The van der Waals surface area contributed by atoms with Crippen molar-refractivity contribution in [2.75, 3.05) is 0 Å². The van der Waals surface area contributed by atoms with Gasteiger partial charge in [0.2, 0.25) is 0 Å². The molecular formula is C8H16. The van der Waals surface area contributed by atoms with Crippen LogP contribution in [0.5, 0.6) is 0 Å². The van der Waals surface area contributed by atoms with Gasteiger partial charge in [-0.2, -0.15) is 0 Å². The molecule has 0 aromatic carbocycles. The van der Waals surface area contributed by atoms with Crippen molar-refractivity contribution < 1.29 is 0 Å². The second-order valence-corrected chi connectivity index (χ2v) is 2.38. The Morgan fingerprint density at radius 3 is 2.62 bits per heavy atom. The minimum Gasteiger partial charge on any atom is -0.103 e. The fourth-order valence-corrected chi connectivity index (χ4v) is 0.606. The molecule has 0 amide bonds. The summed E-state index contributed by atoms with van der Waals surface area (Å²) in [7, 11) is 0. The van der Waals surface area contributed by atoms with Gasteiger partial charge in [-0.05, 0) is 18.8 Å². The van der Waals surface area contributed by atoms with Crippen LogP contribution in [0.2, 0.25) is 0 Å². The number of allylic oxidation sites excluding steroid dienone is 1. The van der Waals surface area contributed by atoms with Gasteiger partial charge in [-0.25, -0.2) is 0 Å². The zero-order valence-corrected chi connectivity index (χ0v) is 5.98. The second-order valence-electron chi connectivity index (χ2n) is 2.38. The Kier molecular flexibility index (Phi) is 4.73. The Morgan fingerprint density at radius 2 is 2.25 bits per heavy atom. The van der Waals surface area contributed by atoms with Crippen LogP contribution >= 0.6 is 0 Å². The summed E-state index contributed by atoms with van der Waals surface area (Å²) < 4.78 is 0. The lowest BCUT2D eigenvalue weighted by Crippen LogP contribution is -1.88. The third-order valence-electron chi connectivity index (χ3n) is 1.56. The predicted molar refractivity (Wildman–Crippen MR) is 38.9 cm³/mol. The van der Waals surface area contributed by atoms with Crippen LogP contribution in [0.3, 0.4) is 0 Å². The Hall–Kier alpha value is -0.260. The molecule has 0 fully saturated rings. The van der Waals surface area contributed by atoms with E-state index in [0.29, 0.717) is 0 Å². The molecule has 0 aliphatic carbocycles. The highest BCUT2D eigenvalue weighted by Crippen LogP contribution is 2.08. The summed E-state index contributed by atoms with van der Waals surface area (Å²) in [4.78, 5) is 0. The topological polar surface area (TPSA) is 0 Å². The zero-order chi connectivity index (χ0) is 6.41. The van der Waals surface area contributed by atoms with Crippen molar-refractivity contribution in [2.45, 2.75) is 33.1 Å². The highest BCUT2D eigenvalue weighted by atomic mass is 14.0. The molecule has 0 spiro atoms. The van der Waals surface area contributed by atoms with Gasteiger partial charge in [0.25, 0.3) is 0 Å². The summed E-state index contributed by atoms with van der Waals surface area (Å²) in [6.45, 7) is 8.18. The fraction of sp³-hybridized carbons (Fsp3) is 0.750. The Labute approximate surface area is 52.6 Å². The highest BCUT2D eigenvalue weighted by molar-refractivity contribution is 4.67. The molecule has 48 valence electrons. The van der Waals surface area contributed by atoms with Crippen LogP contribution < -0.4 is 0 Å². The Balaban J connectivity index is 2.97. The molecule has 0 aromatic rings. The second kappa shape index (κ2) is 4.89. The molecule has 0 saturated carbocycles. The van der Waals surface area contributed by atoms with Crippen molar-refractivity contribution in [1.29, 1.82) is 0 Å². The minimum absolute atomic E-state index is 0.882. The third kappa shape index (κ3) is 3.91. The number of rotatable bonds is 4. The smallest absolute Gasteiger partial charge is 0.0351 e. The fourth-order valence-electron chi connectivity index (χ4n) is 0.606. The maximum atomic E-state index is 3.67. The summed E-state index contributed by atoms with van der Waals surface area (Å²) in [6.07, 6.45) is 5.77. The van der Waals surface area contributed by atoms with Crippen molar-refractivity contribution >= 4 is 0 Å². The molecule has 0 aromatic heterocycles. The normalized spacial score (nSPS) is 13.2. The van der Waals surface area contributed by atoms with Crippen LogP contribution in [0.15, 0.2) is 12.7 Å². The average Bonchev–Trinajstić information content (AvgIpc) is 1.83. The van der Waals surface area contributed by atoms with Crippen LogP contribution in [0.4, 0.5) is 0 Å². The van der Waals surface area contributed by atoms with E-state index in [2.05, 4.69) is 20.4 Å². The predicted octanol–water partition coefficient (Wildman–Crippen LogP) is 3.00. The number of hydrogen-bond acceptors (Lipinski definition) is 0. The van der Waals surface area contributed by atoms with E-state index in [1.165, 1.54) is 19.3 Å². The van der Waals surface area contributed by atoms with E-state index < -0.39 is 0 Å². The maximum Gasteiger partial charge on any atom is -0.0351 e. The van der Waals surface area contributed by atoms with E-state index in [1.807, 2.05) is 6.08 Å². The summed E-state index contributed by atoms with van der Waals surface area (Å²) in [5.41, 5.74) is 0. The van der Waals surface area contributed by atoms with Crippen molar-refractivity contribution in [3.05, 3.63) is 12.7 Å². The van der Waals surface area contributed by atoms with E-state index in [-0.39, 0.29) is 0 Å². The lowest BCUT2D eigenvalue weighted by Gasteiger charge is -2.03. The summed E-state index contributed by atoms with van der Waals surface area (Å²) in [6, 6.07) is 0. The van der Waals surface area contributed by atoms with E-state index in [9.17, 15) is 0 Å². The maximum absolute atomic E-state index is 3.67. The quantitative estimate of drug-likeness (QED) is 0.490. The molecule has 0 rings (SSSR count). The first-order valence-electron chi connectivity index (χ1n) is 3.42. The van der Waals surface area contributed by atoms with Crippen molar-refractivity contribution in [1.82, 2.24) is 0 Å². The van der Waals surface area contributed by atoms with Crippen LogP contribution in [-0.4, -0.2) is 0 Å². The van der Waals surface area contributed by atoms with Gasteiger partial charge in [0.1, 0.15) is 0 Å². The van der Waals surface area contributed by atoms with Gasteiger partial charge < -0.3 is 0 Å². The van der Waals surface area contributed by atoms with Gasteiger partial charge in [0.15, 0.2) is 0 Å². The summed E-state index contributed by atoms with van der Waals surface area (Å²) in [5, 5.41) is 0. The first kappa shape index (κ1) is 7.74. The molecule has 0 unspecified atom stereocenters. The Morgan fingerprint density at radius 1 is 1.62 bits per heavy atom. The molecule has 8 heavy (non-hydrogen) atoms. The first-order chi connectivity index (χ1) is 3.81. The van der Waals surface area contributed by atoms with E-state index in [1.54, 1.807) is 0 Å². The van der Waals surface area contributed by atoms with E-state index >= 15 is 0 Å². The molecule has 0 heterocycles. The van der Waals surface area contributed by atoms with Gasteiger partial charge in [0.05, 0.1) is 0 Å². The van der Waals surface area contributed by atoms with Crippen LogP contribution in [0.1, 0.15) is 33.1 Å². The van der Waals surface area contributed by atoms with E-state index in [4.69, 9.17) is 0 Å². The van der Waals surface area contributed by atoms with Crippen molar-refractivity contribution in [3.8, 4) is 0 Å². The van der Waals surface area contributed by atoms with Crippen molar-refractivity contribution in [3.63, 3.8) is 0 Å². The van der Waals surface area contributed by atoms with E-state index in [0.717, 1.165) is 5.92 Å². The molecule has 0 N–H and O–H groups in total. The first-order valence-corrected chi connectivity index (χ1v) is 3.42. The molecule has 0 nitrogen and oxygen atoms in total. The van der Waals surface area contributed by atoms with Gasteiger partial charge >= 0.3 is 0 Å². The molecule has 0 aliphatic rings. The van der Waals surface area contributed by atoms with Crippen LogP contribution in [0, 0.1) is 5.92 Å². The molecule has 0 heteroatoms.